The van der Waals surface area contributed by atoms with Gasteiger partial charge in [0.1, 0.15) is 0 Å². The Labute approximate surface area is 44.9 Å². The van der Waals surface area contributed by atoms with Gasteiger partial charge in [-0.25, -0.2) is 0 Å². The van der Waals surface area contributed by atoms with E-state index in [9.17, 15) is 0 Å². The van der Waals surface area contributed by atoms with E-state index in [0.29, 0.717) is 11.5 Å². The molecule has 1 nitrogen and oxygen atoms in total. The highest BCUT2D eigenvalue weighted by Crippen LogP contribution is 2.46. The van der Waals surface area contributed by atoms with E-state index >= 15 is 0 Å². The van der Waals surface area contributed by atoms with Crippen molar-refractivity contribution in [3.63, 3.8) is 0 Å². The van der Waals surface area contributed by atoms with Crippen molar-refractivity contribution in [1.29, 1.82) is 0 Å². The molecule has 1 aliphatic carbocycles. The van der Waals surface area contributed by atoms with Gasteiger partial charge in [-0.2, -0.15) is 0 Å². The van der Waals surface area contributed by atoms with Crippen molar-refractivity contribution in [3.05, 3.63) is 0 Å². The first kappa shape index (κ1) is 5.10. The number of hydrogen-bond donors (Lipinski definition) is 1. The van der Waals surface area contributed by atoms with E-state index in [1.54, 1.807) is 0 Å². The van der Waals surface area contributed by atoms with Crippen LogP contribution in [0.1, 0.15) is 26.7 Å². The predicted octanol–water partition coefficient (Wildman–Crippen LogP) is 1.13. The highest BCUT2D eigenvalue weighted by molar-refractivity contribution is 4.94. The summed E-state index contributed by atoms with van der Waals surface area (Å²) in [7, 11) is 0. The molecule has 1 saturated carbocycles. The van der Waals surface area contributed by atoms with Crippen molar-refractivity contribution in [2.75, 3.05) is 0 Å². The molecule has 0 radical (unpaired) electrons. The summed E-state index contributed by atoms with van der Waals surface area (Å²) in [5.41, 5.74) is 6.16. The maximum absolute atomic E-state index is 5.63. The molecule has 1 aliphatic rings. The first-order chi connectivity index (χ1) is 3.15. The molecular weight excluding hydrogens is 86.1 g/mol. The van der Waals surface area contributed by atoms with E-state index in [0.717, 1.165) is 0 Å². The van der Waals surface area contributed by atoms with Crippen LogP contribution < -0.4 is 5.73 Å². The summed E-state index contributed by atoms with van der Waals surface area (Å²) >= 11 is 0. The number of nitrogens with two attached hydrogens (primary N) is 1. The van der Waals surface area contributed by atoms with Crippen molar-refractivity contribution in [2.45, 2.75) is 32.7 Å². The van der Waals surface area contributed by atoms with Crippen LogP contribution in [0, 0.1) is 5.41 Å². The standard InChI is InChI=1S/C6H13N/c1-5(7)6(2)3-4-6/h5H,3-4,7H2,1-2H3/t5-/m1/s1. The molecule has 1 heteroatoms. The van der Waals surface area contributed by atoms with Gasteiger partial charge in [0, 0.05) is 6.04 Å². The summed E-state index contributed by atoms with van der Waals surface area (Å²) in [4.78, 5) is 0. The van der Waals surface area contributed by atoms with Crippen LogP contribution in [0.25, 0.3) is 0 Å². The number of rotatable bonds is 1. The molecule has 1 fully saturated rings. The lowest BCUT2D eigenvalue weighted by Gasteiger charge is -2.10. The predicted molar refractivity (Wildman–Crippen MR) is 31.0 cm³/mol. The van der Waals surface area contributed by atoms with Crippen LogP contribution in [0.2, 0.25) is 0 Å². The van der Waals surface area contributed by atoms with E-state index in [4.69, 9.17) is 5.73 Å². The van der Waals surface area contributed by atoms with Gasteiger partial charge in [-0.3, -0.25) is 0 Å². The molecule has 0 spiro atoms. The highest BCUT2D eigenvalue weighted by Gasteiger charge is 2.40. The third-order valence-corrected chi connectivity index (χ3v) is 2.14. The van der Waals surface area contributed by atoms with Crippen LogP contribution in [0.5, 0.6) is 0 Å². The molecule has 0 aromatic heterocycles. The first-order valence-electron chi connectivity index (χ1n) is 2.91. The van der Waals surface area contributed by atoms with Crippen LogP contribution in [-0.4, -0.2) is 6.04 Å². The molecule has 42 valence electrons. The van der Waals surface area contributed by atoms with Gasteiger partial charge < -0.3 is 5.73 Å². The third-order valence-electron chi connectivity index (χ3n) is 2.14. The summed E-state index contributed by atoms with van der Waals surface area (Å²) in [5.74, 6) is 0. The minimum atomic E-state index is 0.410. The molecule has 0 aliphatic heterocycles. The van der Waals surface area contributed by atoms with Gasteiger partial charge >= 0.3 is 0 Å². The topological polar surface area (TPSA) is 26.0 Å². The summed E-state index contributed by atoms with van der Waals surface area (Å²) in [6, 6.07) is 0.410. The second-order valence-corrected chi connectivity index (χ2v) is 2.94. The molecule has 2 N–H and O–H groups in total. The zero-order valence-electron chi connectivity index (χ0n) is 5.07. The van der Waals surface area contributed by atoms with E-state index in [2.05, 4.69) is 13.8 Å². The molecule has 1 rings (SSSR count). The Morgan fingerprint density at radius 1 is 1.57 bits per heavy atom. The smallest absolute Gasteiger partial charge is 0.00643 e. The van der Waals surface area contributed by atoms with Crippen molar-refractivity contribution in [1.82, 2.24) is 0 Å². The van der Waals surface area contributed by atoms with Gasteiger partial charge in [0.15, 0.2) is 0 Å². The third kappa shape index (κ3) is 0.778. The Balaban J connectivity index is 2.39. The molecule has 0 heterocycles. The van der Waals surface area contributed by atoms with Crippen LogP contribution >= 0.6 is 0 Å². The summed E-state index contributed by atoms with van der Waals surface area (Å²) in [5, 5.41) is 0. The first-order valence-corrected chi connectivity index (χ1v) is 2.91. The molecule has 0 bridgehead atoms. The minimum absolute atomic E-state index is 0.410. The normalized spacial score (nSPS) is 29.6. The van der Waals surface area contributed by atoms with Gasteiger partial charge in [-0.1, -0.05) is 6.92 Å². The summed E-state index contributed by atoms with van der Waals surface area (Å²) < 4.78 is 0. The van der Waals surface area contributed by atoms with Gasteiger partial charge in [-0.15, -0.1) is 0 Å². The molecular formula is C6H13N. The summed E-state index contributed by atoms with van der Waals surface area (Å²) in [6.07, 6.45) is 2.68. The zero-order valence-corrected chi connectivity index (χ0v) is 5.07. The van der Waals surface area contributed by atoms with Crippen LogP contribution in [-0.2, 0) is 0 Å². The molecule has 0 saturated heterocycles. The molecule has 0 aromatic carbocycles. The molecule has 0 aromatic rings. The Morgan fingerprint density at radius 3 is 2.00 bits per heavy atom. The Hall–Kier alpha value is -0.0400. The molecule has 0 unspecified atom stereocenters. The van der Waals surface area contributed by atoms with E-state index < -0.39 is 0 Å². The lowest BCUT2D eigenvalue weighted by molar-refractivity contribution is 0.465. The average molecular weight is 99.2 g/mol. The largest absolute Gasteiger partial charge is 0.327 e. The van der Waals surface area contributed by atoms with Crippen LogP contribution in [0.3, 0.4) is 0 Å². The van der Waals surface area contributed by atoms with Crippen molar-refractivity contribution in [3.8, 4) is 0 Å². The fourth-order valence-corrected chi connectivity index (χ4v) is 0.653. The van der Waals surface area contributed by atoms with E-state index in [-0.39, 0.29) is 0 Å². The molecule has 1 atom stereocenters. The minimum Gasteiger partial charge on any atom is -0.327 e. The van der Waals surface area contributed by atoms with Crippen LogP contribution in [0.15, 0.2) is 0 Å². The van der Waals surface area contributed by atoms with Crippen molar-refractivity contribution in [2.24, 2.45) is 11.1 Å². The maximum Gasteiger partial charge on any atom is 0.00643 e. The SMILES string of the molecule is C[C@@H](N)C1(C)CC1. The Bertz CT molecular complexity index is 72.2. The van der Waals surface area contributed by atoms with Gasteiger partial charge in [-0.05, 0) is 25.2 Å². The van der Waals surface area contributed by atoms with Gasteiger partial charge in [0.05, 0.1) is 0 Å². The van der Waals surface area contributed by atoms with Crippen LogP contribution in [0.4, 0.5) is 0 Å². The second kappa shape index (κ2) is 1.22. The number of hydrogen-bond acceptors (Lipinski definition) is 1. The fraction of sp³-hybridized carbons (Fsp3) is 1.00. The summed E-state index contributed by atoms with van der Waals surface area (Å²) in [6.45, 7) is 4.34. The van der Waals surface area contributed by atoms with Gasteiger partial charge in [0.25, 0.3) is 0 Å². The highest BCUT2D eigenvalue weighted by atomic mass is 14.7. The molecule has 7 heavy (non-hydrogen) atoms. The van der Waals surface area contributed by atoms with Gasteiger partial charge in [0.2, 0.25) is 0 Å². The lowest BCUT2D eigenvalue weighted by Crippen LogP contribution is -2.25. The quantitative estimate of drug-likeness (QED) is 0.524. The Kier molecular flexibility index (Phi) is 0.890. The maximum atomic E-state index is 5.63. The zero-order chi connectivity index (χ0) is 5.49. The van der Waals surface area contributed by atoms with Crippen molar-refractivity contribution >= 4 is 0 Å². The monoisotopic (exact) mass is 99.1 g/mol. The molecule has 0 amide bonds. The lowest BCUT2D eigenvalue weighted by atomic mass is 10.0. The van der Waals surface area contributed by atoms with E-state index in [1.807, 2.05) is 0 Å². The van der Waals surface area contributed by atoms with E-state index in [1.165, 1.54) is 12.8 Å². The van der Waals surface area contributed by atoms with Crippen molar-refractivity contribution < 1.29 is 0 Å². The fourth-order valence-electron chi connectivity index (χ4n) is 0.653. The second-order valence-electron chi connectivity index (χ2n) is 2.94. The average Bonchev–Trinajstić information content (AvgIpc) is 2.21. The Morgan fingerprint density at radius 2 is 2.00 bits per heavy atom.